The molecule has 0 aliphatic carbocycles. The summed E-state index contributed by atoms with van der Waals surface area (Å²) in [5.74, 6) is 1.11. The maximum Gasteiger partial charge on any atom is 0.0253 e. The van der Waals surface area contributed by atoms with Gasteiger partial charge in [0.2, 0.25) is 0 Å². The molecule has 0 bridgehead atoms. The standard InChI is InChI=1S/C11H14N2/c1-9-5-11(8-13-6-9)10-3-2-4-12-7-10/h2,4,6-8,10-11H,3,5H2,1H3. The van der Waals surface area contributed by atoms with Crippen molar-refractivity contribution in [2.75, 3.05) is 0 Å². The smallest absolute Gasteiger partial charge is 0.0253 e. The van der Waals surface area contributed by atoms with Crippen LogP contribution in [0.3, 0.4) is 0 Å². The fraction of sp³-hybridized carbons (Fsp3) is 0.455. The zero-order chi connectivity index (χ0) is 9.10. The van der Waals surface area contributed by atoms with Crippen molar-refractivity contribution < 1.29 is 0 Å². The van der Waals surface area contributed by atoms with Gasteiger partial charge in [-0.25, -0.2) is 0 Å². The van der Waals surface area contributed by atoms with Gasteiger partial charge in [0, 0.05) is 36.7 Å². The largest absolute Gasteiger partial charge is 0.269 e. The monoisotopic (exact) mass is 174 g/mol. The van der Waals surface area contributed by atoms with Gasteiger partial charge in [-0.15, -0.1) is 0 Å². The Morgan fingerprint density at radius 2 is 2.08 bits per heavy atom. The van der Waals surface area contributed by atoms with Gasteiger partial charge in [-0.3, -0.25) is 9.98 Å². The lowest BCUT2D eigenvalue weighted by Gasteiger charge is -2.22. The molecule has 2 unspecified atom stereocenters. The molecule has 2 nitrogen and oxygen atoms in total. The van der Waals surface area contributed by atoms with Crippen LogP contribution in [0.15, 0.2) is 34.0 Å². The molecular weight excluding hydrogens is 160 g/mol. The average Bonchev–Trinajstić information content (AvgIpc) is 2.19. The summed E-state index contributed by atoms with van der Waals surface area (Å²) in [6, 6.07) is 0. The van der Waals surface area contributed by atoms with Crippen molar-refractivity contribution in [1.82, 2.24) is 0 Å². The highest BCUT2D eigenvalue weighted by atomic mass is 14.7. The first-order valence-electron chi connectivity index (χ1n) is 4.73. The van der Waals surface area contributed by atoms with E-state index in [-0.39, 0.29) is 0 Å². The first-order chi connectivity index (χ1) is 6.36. The number of allylic oxidation sites excluding steroid dienone is 2. The highest BCUT2D eigenvalue weighted by Gasteiger charge is 2.20. The van der Waals surface area contributed by atoms with Gasteiger partial charge < -0.3 is 0 Å². The molecule has 68 valence electrons. The molecule has 0 fully saturated rings. The minimum absolute atomic E-state index is 0.553. The highest BCUT2D eigenvalue weighted by Crippen LogP contribution is 2.25. The van der Waals surface area contributed by atoms with Crippen LogP contribution in [0.2, 0.25) is 0 Å². The Balaban J connectivity index is 2.03. The van der Waals surface area contributed by atoms with Crippen LogP contribution in [0.4, 0.5) is 0 Å². The van der Waals surface area contributed by atoms with E-state index in [1.54, 1.807) is 0 Å². The third-order valence-corrected chi connectivity index (χ3v) is 2.56. The molecule has 0 radical (unpaired) electrons. The van der Waals surface area contributed by atoms with Crippen molar-refractivity contribution in [2.45, 2.75) is 19.8 Å². The van der Waals surface area contributed by atoms with Gasteiger partial charge in [0.15, 0.2) is 0 Å². The van der Waals surface area contributed by atoms with Gasteiger partial charge in [0.25, 0.3) is 0 Å². The van der Waals surface area contributed by atoms with Gasteiger partial charge in [-0.05, 0) is 19.8 Å². The maximum absolute atomic E-state index is 4.24. The zero-order valence-electron chi connectivity index (χ0n) is 7.85. The molecule has 2 aliphatic rings. The van der Waals surface area contributed by atoms with Gasteiger partial charge in [0.1, 0.15) is 0 Å². The van der Waals surface area contributed by atoms with Crippen LogP contribution >= 0.6 is 0 Å². The Morgan fingerprint density at radius 3 is 2.77 bits per heavy atom. The normalized spacial score (nSPS) is 31.9. The van der Waals surface area contributed by atoms with Crippen LogP contribution in [0.1, 0.15) is 19.8 Å². The van der Waals surface area contributed by atoms with Gasteiger partial charge in [-0.2, -0.15) is 0 Å². The lowest BCUT2D eigenvalue weighted by atomic mass is 9.85. The third kappa shape index (κ3) is 1.94. The Labute approximate surface area is 78.8 Å². The molecule has 0 saturated carbocycles. The highest BCUT2D eigenvalue weighted by molar-refractivity contribution is 5.73. The number of hydrogen-bond donors (Lipinski definition) is 0. The number of hydrogen-bond acceptors (Lipinski definition) is 2. The molecule has 0 spiro atoms. The van der Waals surface area contributed by atoms with E-state index in [2.05, 4.69) is 35.4 Å². The Kier molecular flexibility index (Phi) is 2.39. The Hall–Kier alpha value is -1.18. The second-order valence-corrected chi connectivity index (χ2v) is 3.72. The van der Waals surface area contributed by atoms with Crippen molar-refractivity contribution in [1.29, 1.82) is 0 Å². The third-order valence-electron chi connectivity index (χ3n) is 2.56. The van der Waals surface area contributed by atoms with E-state index in [9.17, 15) is 0 Å². The summed E-state index contributed by atoms with van der Waals surface area (Å²) in [5.41, 5.74) is 1.37. The predicted molar refractivity (Wildman–Crippen MR) is 56.1 cm³/mol. The maximum atomic E-state index is 4.24. The topological polar surface area (TPSA) is 24.7 Å². The quantitative estimate of drug-likeness (QED) is 0.583. The molecule has 2 heterocycles. The fourth-order valence-corrected chi connectivity index (χ4v) is 1.81. The van der Waals surface area contributed by atoms with Crippen LogP contribution in [0.25, 0.3) is 0 Å². The van der Waals surface area contributed by atoms with Crippen molar-refractivity contribution in [3.8, 4) is 0 Å². The molecule has 0 aromatic heterocycles. The fourth-order valence-electron chi connectivity index (χ4n) is 1.81. The first-order valence-corrected chi connectivity index (χ1v) is 4.73. The van der Waals surface area contributed by atoms with E-state index in [1.165, 1.54) is 5.57 Å². The van der Waals surface area contributed by atoms with Gasteiger partial charge in [-0.1, -0.05) is 11.6 Å². The van der Waals surface area contributed by atoms with Crippen LogP contribution in [0.5, 0.6) is 0 Å². The minimum Gasteiger partial charge on any atom is -0.269 e. The molecule has 2 rings (SSSR count). The van der Waals surface area contributed by atoms with Crippen molar-refractivity contribution >= 4 is 12.4 Å². The second-order valence-electron chi connectivity index (χ2n) is 3.72. The molecule has 0 aromatic carbocycles. The summed E-state index contributed by atoms with van der Waals surface area (Å²) in [5, 5.41) is 0. The van der Waals surface area contributed by atoms with E-state index in [0.29, 0.717) is 11.8 Å². The summed E-state index contributed by atoms with van der Waals surface area (Å²) >= 11 is 0. The molecular formula is C11H14N2. The van der Waals surface area contributed by atoms with Gasteiger partial charge in [0.05, 0.1) is 0 Å². The molecule has 2 aliphatic heterocycles. The summed E-state index contributed by atoms with van der Waals surface area (Å²) in [4.78, 5) is 8.41. The number of rotatable bonds is 1. The van der Waals surface area contributed by atoms with E-state index in [1.807, 2.05) is 12.4 Å². The molecule has 2 heteroatoms. The van der Waals surface area contributed by atoms with Crippen molar-refractivity contribution in [2.24, 2.45) is 21.8 Å². The van der Waals surface area contributed by atoms with Crippen molar-refractivity contribution in [3.05, 3.63) is 24.0 Å². The van der Waals surface area contributed by atoms with Crippen LogP contribution in [0, 0.1) is 11.8 Å². The first kappa shape index (κ1) is 8.42. The minimum atomic E-state index is 0.553. The van der Waals surface area contributed by atoms with E-state index >= 15 is 0 Å². The van der Waals surface area contributed by atoms with Gasteiger partial charge >= 0.3 is 0 Å². The number of nitrogens with zero attached hydrogens (tertiary/aromatic N) is 2. The molecule has 2 atom stereocenters. The summed E-state index contributed by atoms with van der Waals surface area (Å²) in [6.07, 6.45) is 12.3. The van der Waals surface area contributed by atoms with E-state index < -0.39 is 0 Å². The van der Waals surface area contributed by atoms with E-state index in [0.717, 1.165) is 12.8 Å². The summed E-state index contributed by atoms with van der Waals surface area (Å²) < 4.78 is 0. The SMILES string of the molecule is CC1=CN=CC(C2C=NC=CC2)C1. The molecule has 13 heavy (non-hydrogen) atoms. The van der Waals surface area contributed by atoms with Crippen LogP contribution < -0.4 is 0 Å². The van der Waals surface area contributed by atoms with Crippen molar-refractivity contribution in [3.63, 3.8) is 0 Å². The Bertz CT molecular complexity index is 297. The number of aliphatic imine (C=N–C) groups is 2. The summed E-state index contributed by atoms with van der Waals surface area (Å²) in [6.45, 7) is 2.14. The lowest BCUT2D eigenvalue weighted by Crippen LogP contribution is -2.20. The summed E-state index contributed by atoms with van der Waals surface area (Å²) in [7, 11) is 0. The zero-order valence-corrected chi connectivity index (χ0v) is 7.85. The lowest BCUT2D eigenvalue weighted by molar-refractivity contribution is 0.539. The molecule has 0 N–H and O–H groups in total. The molecule has 0 saturated heterocycles. The van der Waals surface area contributed by atoms with Crippen LogP contribution in [-0.4, -0.2) is 12.4 Å². The Morgan fingerprint density at radius 1 is 1.23 bits per heavy atom. The van der Waals surface area contributed by atoms with E-state index in [4.69, 9.17) is 0 Å². The average molecular weight is 174 g/mol. The molecule has 0 aromatic rings. The van der Waals surface area contributed by atoms with Crippen LogP contribution in [-0.2, 0) is 0 Å². The molecule has 0 amide bonds. The second kappa shape index (κ2) is 3.69. The predicted octanol–water partition coefficient (Wildman–Crippen LogP) is 2.59.